The molecule has 1 heterocycles. The van der Waals surface area contributed by atoms with Crippen LogP contribution in [0, 0.1) is 6.92 Å². The van der Waals surface area contributed by atoms with Crippen molar-refractivity contribution in [2.24, 2.45) is 5.14 Å². The monoisotopic (exact) mass is 231 g/mol. The van der Waals surface area contributed by atoms with Crippen molar-refractivity contribution in [2.75, 3.05) is 0 Å². The van der Waals surface area contributed by atoms with Crippen LogP contribution < -0.4 is 5.14 Å². The number of aryl methyl sites for hydroxylation is 1. The third-order valence-corrected chi connectivity index (χ3v) is 3.32. The Hall–Kier alpha value is -1.05. The Kier molecular flexibility index (Phi) is 3.38. The first kappa shape index (κ1) is 12.0. The third kappa shape index (κ3) is 2.95. The minimum absolute atomic E-state index is 0.0575. The number of aliphatic hydroxyl groups excluding tert-OH is 1. The summed E-state index contributed by atoms with van der Waals surface area (Å²) in [6, 6.07) is 0. The first-order valence-corrected chi connectivity index (χ1v) is 5.91. The van der Waals surface area contributed by atoms with Gasteiger partial charge in [0.05, 0.1) is 0 Å². The Bertz CT molecular complexity index is 429. The van der Waals surface area contributed by atoms with E-state index >= 15 is 0 Å². The van der Waals surface area contributed by atoms with Crippen molar-refractivity contribution in [3.8, 4) is 0 Å². The molecule has 0 radical (unpaired) electrons. The van der Waals surface area contributed by atoms with Crippen LogP contribution in [0.15, 0.2) is 12.4 Å². The molecule has 0 fully saturated rings. The number of aromatic nitrogens is 2. The average molecular weight is 231 g/mol. The van der Waals surface area contributed by atoms with Gasteiger partial charge < -0.3 is 5.11 Å². The van der Waals surface area contributed by atoms with Crippen molar-refractivity contribution in [3.05, 3.63) is 23.8 Å². The highest BCUT2D eigenvalue weighted by atomic mass is 32.2. The van der Waals surface area contributed by atoms with Gasteiger partial charge in [0.1, 0.15) is 11.4 Å². The van der Waals surface area contributed by atoms with E-state index in [-0.39, 0.29) is 5.82 Å². The van der Waals surface area contributed by atoms with Crippen molar-refractivity contribution in [3.63, 3.8) is 0 Å². The molecule has 2 atom stereocenters. The number of hydrogen-bond acceptors (Lipinski definition) is 5. The molecule has 0 bridgehead atoms. The number of nitrogens with two attached hydrogens (primary N) is 1. The molecule has 1 aromatic rings. The molecule has 6 nitrogen and oxygen atoms in total. The summed E-state index contributed by atoms with van der Waals surface area (Å²) in [4.78, 5) is 7.66. The number of hydrogen-bond donors (Lipinski definition) is 2. The van der Waals surface area contributed by atoms with E-state index in [1.54, 1.807) is 6.92 Å². The van der Waals surface area contributed by atoms with Gasteiger partial charge in [-0.15, -0.1) is 0 Å². The summed E-state index contributed by atoms with van der Waals surface area (Å²) < 4.78 is 22.0. The molecule has 0 saturated carbocycles. The number of sulfonamides is 1. The van der Waals surface area contributed by atoms with E-state index in [0.717, 1.165) is 5.56 Å². The summed E-state index contributed by atoms with van der Waals surface area (Å²) in [5.41, 5.74) is 0.828. The summed E-state index contributed by atoms with van der Waals surface area (Å²) in [6.45, 7) is 3.10. The van der Waals surface area contributed by atoms with Crippen LogP contribution in [-0.4, -0.2) is 28.7 Å². The van der Waals surface area contributed by atoms with Crippen LogP contribution in [0.4, 0.5) is 0 Å². The Morgan fingerprint density at radius 1 is 1.40 bits per heavy atom. The fourth-order valence-corrected chi connectivity index (χ4v) is 1.43. The molecule has 0 aliphatic carbocycles. The maximum absolute atomic E-state index is 11.0. The van der Waals surface area contributed by atoms with E-state index in [1.807, 2.05) is 0 Å². The lowest BCUT2D eigenvalue weighted by Gasteiger charge is -2.15. The maximum atomic E-state index is 11.0. The number of primary sulfonamides is 1. The molecular weight excluding hydrogens is 218 g/mol. The molecule has 1 unspecified atom stereocenters. The fourth-order valence-electron chi connectivity index (χ4n) is 0.945. The zero-order valence-electron chi connectivity index (χ0n) is 8.45. The molecule has 1 rings (SSSR count). The molecule has 0 spiro atoms. The van der Waals surface area contributed by atoms with Gasteiger partial charge in [-0.3, -0.25) is 0 Å². The molecule has 3 N–H and O–H groups in total. The van der Waals surface area contributed by atoms with Crippen LogP contribution in [-0.2, 0) is 10.0 Å². The first-order chi connectivity index (χ1) is 6.82. The second-order valence-electron chi connectivity index (χ2n) is 3.36. The van der Waals surface area contributed by atoms with Gasteiger partial charge in [0.25, 0.3) is 0 Å². The molecule has 0 amide bonds. The fraction of sp³-hybridized carbons (Fsp3) is 0.500. The Balaban J connectivity index is 2.95. The molecular formula is C8H13N3O3S. The highest BCUT2D eigenvalue weighted by Gasteiger charge is 2.27. The summed E-state index contributed by atoms with van der Waals surface area (Å²) in [5.74, 6) is 0.0575. The van der Waals surface area contributed by atoms with Crippen molar-refractivity contribution < 1.29 is 13.5 Å². The Morgan fingerprint density at radius 2 is 1.87 bits per heavy atom. The zero-order chi connectivity index (χ0) is 11.6. The van der Waals surface area contributed by atoms with Crippen LogP contribution >= 0.6 is 0 Å². The van der Waals surface area contributed by atoms with Crippen LogP contribution in [0.1, 0.15) is 24.4 Å². The number of aliphatic hydroxyl groups is 1. The van der Waals surface area contributed by atoms with Crippen LogP contribution in [0.25, 0.3) is 0 Å². The van der Waals surface area contributed by atoms with E-state index in [2.05, 4.69) is 9.97 Å². The van der Waals surface area contributed by atoms with Gasteiger partial charge >= 0.3 is 0 Å². The van der Waals surface area contributed by atoms with Crippen molar-refractivity contribution in [1.29, 1.82) is 0 Å². The van der Waals surface area contributed by atoms with Gasteiger partial charge in [-0.1, -0.05) is 0 Å². The van der Waals surface area contributed by atoms with E-state index < -0.39 is 21.4 Å². The minimum Gasteiger partial charge on any atom is -0.384 e. The molecule has 1 aromatic heterocycles. The summed E-state index contributed by atoms with van der Waals surface area (Å²) in [6.07, 6.45) is 1.70. The normalized spacial score (nSPS) is 16.0. The van der Waals surface area contributed by atoms with E-state index in [0.29, 0.717) is 0 Å². The van der Waals surface area contributed by atoms with Crippen LogP contribution in [0.3, 0.4) is 0 Å². The second kappa shape index (κ2) is 4.21. The van der Waals surface area contributed by atoms with Crippen LogP contribution in [0.5, 0.6) is 0 Å². The molecule has 0 saturated heterocycles. The summed E-state index contributed by atoms with van der Waals surface area (Å²) in [7, 11) is -3.79. The maximum Gasteiger partial charge on any atom is 0.214 e. The van der Waals surface area contributed by atoms with Gasteiger partial charge in [0, 0.05) is 12.4 Å². The van der Waals surface area contributed by atoms with E-state index in [1.165, 1.54) is 19.3 Å². The zero-order valence-corrected chi connectivity index (χ0v) is 9.27. The summed E-state index contributed by atoms with van der Waals surface area (Å²) >= 11 is 0. The SMILES string of the molecule is Cc1cnc([C@@H](O)C(C)S(N)(=O)=O)nc1. The molecule has 15 heavy (non-hydrogen) atoms. The standard InChI is InChI=1S/C8H13N3O3S/c1-5-3-10-8(11-4-5)7(12)6(2)15(9,13)14/h3-4,6-7,12H,1-2H3,(H2,9,13,14)/t6?,7-/m0/s1. The predicted octanol–water partition coefficient (Wildman–Crippen LogP) is -0.505. The minimum atomic E-state index is -3.79. The smallest absolute Gasteiger partial charge is 0.214 e. The highest BCUT2D eigenvalue weighted by molar-refractivity contribution is 7.89. The predicted molar refractivity (Wildman–Crippen MR) is 54.3 cm³/mol. The molecule has 0 aliphatic heterocycles. The van der Waals surface area contributed by atoms with Crippen molar-refractivity contribution >= 4 is 10.0 Å². The summed E-state index contributed by atoms with van der Waals surface area (Å²) in [5, 5.41) is 13.4. The quantitative estimate of drug-likeness (QED) is 0.729. The second-order valence-corrected chi connectivity index (χ2v) is 5.28. The van der Waals surface area contributed by atoms with Gasteiger partial charge in [0.2, 0.25) is 10.0 Å². The molecule has 7 heteroatoms. The first-order valence-electron chi connectivity index (χ1n) is 4.30. The molecule has 0 aromatic carbocycles. The Labute approximate surface area is 88.2 Å². The Morgan fingerprint density at radius 3 is 2.27 bits per heavy atom. The van der Waals surface area contributed by atoms with Crippen molar-refractivity contribution in [1.82, 2.24) is 9.97 Å². The van der Waals surface area contributed by atoms with E-state index in [4.69, 9.17) is 5.14 Å². The van der Waals surface area contributed by atoms with Gasteiger partial charge in [0.15, 0.2) is 5.82 Å². The number of nitrogens with zero attached hydrogens (tertiary/aromatic N) is 2. The lowest BCUT2D eigenvalue weighted by molar-refractivity contribution is 0.166. The molecule has 0 aliphatic rings. The van der Waals surface area contributed by atoms with Crippen LogP contribution in [0.2, 0.25) is 0 Å². The van der Waals surface area contributed by atoms with Gasteiger partial charge in [-0.2, -0.15) is 0 Å². The van der Waals surface area contributed by atoms with Gasteiger partial charge in [-0.05, 0) is 19.4 Å². The third-order valence-electron chi connectivity index (χ3n) is 2.03. The van der Waals surface area contributed by atoms with Crippen molar-refractivity contribution in [2.45, 2.75) is 25.2 Å². The van der Waals surface area contributed by atoms with E-state index in [9.17, 15) is 13.5 Å². The lowest BCUT2D eigenvalue weighted by atomic mass is 10.2. The average Bonchev–Trinajstić information content (AvgIpc) is 2.15. The molecule has 84 valence electrons. The largest absolute Gasteiger partial charge is 0.384 e. The highest BCUT2D eigenvalue weighted by Crippen LogP contribution is 2.16. The number of rotatable bonds is 3. The van der Waals surface area contributed by atoms with Gasteiger partial charge in [-0.25, -0.2) is 23.5 Å². The lowest BCUT2D eigenvalue weighted by Crippen LogP contribution is -2.32. The topological polar surface area (TPSA) is 106 Å².